The summed E-state index contributed by atoms with van der Waals surface area (Å²) in [6, 6.07) is -4.23. The molecular formula is C11H19N3O7S. The topological polar surface area (TPSA) is 179 Å². The molecule has 11 heteroatoms. The van der Waals surface area contributed by atoms with Gasteiger partial charge in [0.25, 0.3) is 0 Å². The smallest absolute Gasteiger partial charge is 0.328 e. The molecule has 126 valence electrons. The molecule has 0 unspecified atom stereocenters. The van der Waals surface area contributed by atoms with Gasteiger partial charge in [0.1, 0.15) is 6.04 Å². The Labute approximate surface area is 131 Å². The van der Waals surface area contributed by atoms with Crippen molar-refractivity contribution < 1.29 is 34.5 Å². The van der Waals surface area contributed by atoms with E-state index in [1.165, 1.54) is 0 Å². The third-order valence-electron chi connectivity index (χ3n) is 2.59. The van der Waals surface area contributed by atoms with Crippen LogP contribution in [0.25, 0.3) is 0 Å². The molecule has 0 rings (SSSR count). The van der Waals surface area contributed by atoms with Gasteiger partial charge in [0.05, 0.1) is 18.6 Å². The average Bonchev–Trinajstić information content (AvgIpc) is 2.41. The number of carbonyl (C=O) groups excluding carboxylic acids is 2. The predicted octanol–water partition coefficient (Wildman–Crippen LogP) is -2.85. The predicted molar refractivity (Wildman–Crippen MR) is 77.3 cm³/mol. The molecule has 0 aromatic heterocycles. The van der Waals surface area contributed by atoms with Crippen molar-refractivity contribution in [3.05, 3.63) is 0 Å². The highest BCUT2D eigenvalue weighted by Crippen LogP contribution is 1.99. The summed E-state index contributed by atoms with van der Waals surface area (Å²) in [6.07, 6.45) is -2.19. The summed E-state index contributed by atoms with van der Waals surface area (Å²) in [5.74, 6) is -4.78. The molecule has 0 aromatic rings. The first-order chi connectivity index (χ1) is 10.1. The van der Waals surface area contributed by atoms with Gasteiger partial charge in [-0.2, -0.15) is 12.6 Å². The van der Waals surface area contributed by atoms with Crippen molar-refractivity contribution in [1.82, 2.24) is 10.6 Å². The van der Waals surface area contributed by atoms with Crippen molar-refractivity contribution in [3.63, 3.8) is 0 Å². The van der Waals surface area contributed by atoms with E-state index in [2.05, 4.69) is 17.9 Å². The first kappa shape index (κ1) is 20.1. The average molecular weight is 337 g/mol. The lowest BCUT2D eigenvalue weighted by Crippen LogP contribution is -2.57. The van der Waals surface area contributed by atoms with Gasteiger partial charge in [-0.3, -0.25) is 14.4 Å². The van der Waals surface area contributed by atoms with Crippen LogP contribution in [0.3, 0.4) is 0 Å². The number of aliphatic hydroxyl groups is 1. The standard InChI is InChI=1S/C11H19N3O7S/c1-4(15)8(11(20)21)14-10(19)6(2-7(16)17)13-9(18)5(12)3-22/h4-6,8,15,22H,2-3,12H2,1H3,(H,13,18)(H,14,19)(H,16,17)(H,20,21)/t4-,5+,6+,8+/m1/s1. The van der Waals surface area contributed by atoms with Gasteiger partial charge in [-0.05, 0) is 6.92 Å². The number of nitrogens with two attached hydrogens (primary N) is 1. The van der Waals surface area contributed by atoms with Crippen LogP contribution in [-0.4, -0.2) is 69.1 Å². The second kappa shape index (κ2) is 9.23. The van der Waals surface area contributed by atoms with Crippen molar-refractivity contribution in [2.45, 2.75) is 37.6 Å². The van der Waals surface area contributed by atoms with Gasteiger partial charge in [0.2, 0.25) is 11.8 Å². The molecule has 0 aliphatic carbocycles. The molecule has 0 spiro atoms. The molecule has 0 saturated carbocycles. The number of aliphatic carboxylic acids is 2. The maximum Gasteiger partial charge on any atom is 0.328 e. The molecule has 0 fully saturated rings. The van der Waals surface area contributed by atoms with Gasteiger partial charge in [0.15, 0.2) is 6.04 Å². The van der Waals surface area contributed by atoms with Crippen LogP contribution in [0.5, 0.6) is 0 Å². The summed E-state index contributed by atoms with van der Waals surface area (Å²) in [7, 11) is 0. The van der Waals surface area contributed by atoms with Crippen molar-refractivity contribution in [3.8, 4) is 0 Å². The molecular weight excluding hydrogens is 318 g/mol. The summed E-state index contributed by atoms with van der Waals surface area (Å²) in [5, 5.41) is 30.9. The zero-order chi connectivity index (χ0) is 17.4. The normalized spacial score (nSPS) is 16.0. The number of aliphatic hydroxyl groups excluding tert-OH is 1. The van der Waals surface area contributed by atoms with E-state index in [1.54, 1.807) is 0 Å². The lowest BCUT2D eigenvalue weighted by Gasteiger charge is -2.22. The Kier molecular flexibility index (Phi) is 8.45. The zero-order valence-corrected chi connectivity index (χ0v) is 12.6. The number of thiol groups is 1. The fraction of sp³-hybridized carbons (Fsp3) is 0.636. The molecule has 0 bridgehead atoms. The molecule has 2 amide bonds. The molecule has 4 atom stereocenters. The van der Waals surface area contributed by atoms with Crippen LogP contribution < -0.4 is 16.4 Å². The van der Waals surface area contributed by atoms with Crippen LogP contribution in [0.15, 0.2) is 0 Å². The number of hydrogen-bond donors (Lipinski definition) is 7. The Balaban J connectivity index is 5.01. The minimum absolute atomic E-state index is 0.0291. The summed E-state index contributed by atoms with van der Waals surface area (Å²) < 4.78 is 0. The highest BCUT2D eigenvalue weighted by molar-refractivity contribution is 7.80. The van der Waals surface area contributed by atoms with Crippen LogP contribution in [0, 0.1) is 0 Å². The number of hydrogen-bond acceptors (Lipinski definition) is 7. The minimum atomic E-state index is -1.64. The minimum Gasteiger partial charge on any atom is -0.481 e. The van der Waals surface area contributed by atoms with E-state index in [4.69, 9.17) is 15.9 Å². The fourth-order valence-electron chi connectivity index (χ4n) is 1.39. The third kappa shape index (κ3) is 6.74. The van der Waals surface area contributed by atoms with Crippen LogP contribution in [0.2, 0.25) is 0 Å². The second-order valence-corrected chi connectivity index (χ2v) is 4.88. The first-order valence-electron chi connectivity index (χ1n) is 6.20. The van der Waals surface area contributed by atoms with Gasteiger partial charge >= 0.3 is 11.9 Å². The molecule has 0 aromatic carbocycles. The van der Waals surface area contributed by atoms with E-state index in [-0.39, 0.29) is 5.75 Å². The van der Waals surface area contributed by atoms with Crippen LogP contribution >= 0.6 is 12.6 Å². The van der Waals surface area contributed by atoms with Crippen molar-refractivity contribution >= 4 is 36.4 Å². The largest absolute Gasteiger partial charge is 0.481 e. The molecule has 10 nitrogen and oxygen atoms in total. The SMILES string of the molecule is C[C@@H](O)[C@H](NC(=O)[C@H](CC(=O)O)NC(=O)[C@@H](N)CS)C(=O)O. The van der Waals surface area contributed by atoms with E-state index >= 15 is 0 Å². The number of nitrogens with one attached hydrogen (secondary N) is 2. The van der Waals surface area contributed by atoms with Gasteiger partial charge in [-0.15, -0.1) is 0 Å². The highest BCUT2D eigenvalue weighted by Gasteiger charge is 2.31. The Hall–Kier alpha value is -1.85. The highest BCUT2D eigenvalue weighted by atomic mass is 32.1. The lowest BCUT2D eigenvalue weighted by atomic mass is 10.1. The molecule has 0 heterocycles. The van der Waals surface area contributed by atoms with Gasteiger partial charge in [-0.1, -0.05) is 0 Å². The van der Waals surface area contributed by atoms with Gasteiger partial charge in [0, 0.05) is 5.75 Å². The van der Waals surface area contributed by atoms with E-state index in [9.17, 15) is 24.3 Å². The maximum absolute atomic E-state index is 11.9. The summed E-state index contributed by atoms with van der Waals surface area (Å²) in [5.41, 5.74) is 5.39. The molecule has 0 aliphatic rings. The van der Waals surface area contributed by atoms with Crippen molar-refractivity contribution in [2.75, 3.05) is 5.75 Å². The number of rotatable bonds is 9. The van der Waals surface area contributed by atoms with Crippen molar-refractivity contribution in [2.24, 2.45) is 5.73 Å². The third-order valence-corrected chi connectivity index (χ3v) is 2.98. The Morgan fingerprint density at radius 3 is 2.05 bits per heavy atom. The quantitative estimate of drug-likeness (QED) is 0.220. The molecule has 0 radical (unpaired) electrons. The van der Waals surface area contributed by atoms with E-state index in [0.717, 1.165) is 6.92 Å². The first-order valence-corrected chi connectivity index (χ1v) is 6.83. The van der Waals surface area contributed by atoms with Crippen LogP contribution in [0.4, 0.5) is 0 Å². The van der Waals surface area contributed by atoms with Crippen LogP contribution in [-0.2, 0) is 19.2 Å². The number of carboxylic acids is 2. The summed E-state index contributed by atoms with van der Waals surface area (Å²) in [6.45, 7) is 1.14. The number of carbonyl (C=O) groups is 4. The maximum atomic E-state index is 11.9. The molecule has 0 aliphatic heterocycles. The Morgan fingerprint density at radius 2 is 1.68 bits per heavy atom. The number of carboxylic acid groups (broad SMARTS) is 2. The van der Waals surface area contributed by atoms with E-state index in [0.29, 0.717) is 0 Å². The second-order valence-electron chi connectivity index (χ2n) is 4.51. The molecule has 22 heavy (non-hydrogen) atoms. The Bertz CT molecular complexity index is 443. The van der Waals surface area contributed by atoms with Gasteiger partial charge < -0.3 is 31.7 Å². The zero-order valence-electron chi connectivity index (χ0n) is 11.7. The Morgan fingerprint density at radius 1 is 1.14 bits per heavy atom. The molecule has 0 saturated heterocycles. The van der Waals surface area contributed by atoms with E-state index in [1.807, 2.05) is 5.32 Å². The molecule has 7 N–H and O–H groups in total. The fourth-order valence-corrected chi connectivity index (χ4v) is 1.55. The van der Waals surface area contributed by atoms with Crippen molar-refractivity contribution in [1.29, 1.82) is 0 Å². The van der Waals surface area contributed by atoms with E-state index < -0.39 is 54.4 Å². The lowest BCUT2D eigenvalue weighted by molar-refractivity contribution is -0.145. The van der Waals surface area contributed by atoms with Crippen LogP contribution in [0.1, 0.15) is 13.3 Å². The monoisotopic (exact) mass is 337 g/mol. The van der Waals surface area contributed by atoms with Gasteiger partial charge in [-0.25, -0.2) is 4.79 Å². The summed E-state index contributed by atoms with van der Waals surface area (Å²) >= 11 is 3.79. The number of amides is 2. The summed E-state index contributed by atoms with van der Waals surface area (Å²) in [4.78, 5) is 45.2.